The number of rotatable bonds is 6. The molecule has 0 heterocycles. The number of alkyl halides is 6. The summed E-state index contributed by atoms with van der Waals surface area (Å²) in [5.41, 5.74) is 0. The van der Waals surface area contributed by atoms with Crippen molar-refractivity contribution in [3.05, 3.63) is 46.3 Å². The predicted molar refractivity (Wildman–Crippen MR) is 142 cm³/mol. The molecule has 0 bridgehead atoms. The van der Waals surface area contributed by atoms with Crippen LogP contribution in [0.2, 0.25) is 0 Å². The van der Waals surface area contributed by atoms with Crippen LogP contribution in [-0.2, 0) is 25.8 Å². The Morgan fingerprint density at radius 1 is 0.500 bits per heavy atom. The molecule has 0 aromatic heterocycles. The standard InChI is InChI=1S/3C6H14N.C5H5.C2HF6Ge.Hf/c3*1-5(2)7-6(3)4;1-2-4-5-3-1;3-1(4,5)9-2(6,7)8;/h3*5-6H,1-4H3;1-5H;9H;/q4*-1;;+4. The number of nitrogens with zero attached hydrogens (tertiary/aromatic N) is 3. The van der Waals surface area contributed by atoms with Crippen molar-refractivity contribution in [1.82, 2.24) is 0 Å². The third-order valence-electron chi connectivity index (χ3n) is 2.67. The normalized spacial score (nSPS) is 11.1. The molecule has 3 nitrogen and oxygen atoms in total. The molecule has 1 aromatic rings. The third kappa shape index (κ3) is 70.0. The van der Waals surface area contributed by atoms with Gasteiger partial charge in [0.05, 0.1) is 0 Å². The summed E-state index contributed by atoms with van der Waals surface area (Å²) in [6.45, 7) is 25.2. The first-order chi connectivity index (χ1) is 15.6. The van der Waals surface area contributed by atoms with Crippen LogP contribution in [0.1, 0.15) is 83.1 Å². The van der Waals surface area contributed by atoms with Gasteiger partial charge in [-0.3, -0.25) is 0 Å². The molecule has 0 spiro atoms. The fourth-order valence-corrected chi connectivity index (χ4v) is 3.07. The van der Waals surface area contributed by atoms with Crippen molar-refractivity contribution in [2.45, 2.75) is 129 Å². The molecule has 0 N–H and O–H groups in total. The molecule has 1 rings (SSSR count). The molecule has 0 aliphatic carbocycles. The maximum atomic E-state index is 10.9. The van der Waals surface area contributed by atoms with Crippen molar-refractivity contribution in [2.24, 2.45) is 0 Å². The van der Waals surface area contributed by atoms with Gasteiger partial charge < -0.3 is 16.0 Å². The average molecular weight is 756 g/mol. The van der Waals surface area contributed by atoms with Crippen molar-refractivity contribution < 1.29 is 52.2 Å². The van der Waals surface area contributed by atoms with Gasteiger partial charge in [-0.1, -0.05) is 83.1 Å². The van der Waals surface area contributed by atoms with Crippen LogP contribution in [0.25, 0.3) is 16.0 Å². The van der Waals surface area contributed by atoms with Crippen LogP contribution in [0.5, 0.6) is 0 Å². The van der Waals surface area contributed by atoms with Crippen molar-refractivity contribution in [1.29, 1.82) is 0 Å². The van der Waals surface area contributed by atoms with Gasteiger partial charge in [0.25, 0.3) is 0 Å². The zero-order valence-corrected chi connectivity index (χ0v) is 30.1. The van der Waals surface area contributed by atoms with Gasteiger partial charge >= 0.3 is 77.6 Å². The SMILES string of the molecule is CC(C)[N-]C(C)C.CC(C)[N-]C(C)C.CC(C)[N-]C(C)C.F[C](F)(F)[GeH][C](F)(F)F.[Hf+4].c1cc[cH-]c1. The van der Waals surface area contributed by atoms with Gasteiger partial charge in [0.15, 0.2) is 0 Å². The van der Waals surface area contributed by atoms with E-state index in [0.29, 0.717) is 36.3 Å². The van der Waals surface area contributed by atoms with E-state index in [2.05, 4.69) is 99.0 Å². The quantitative estimate of drug-likeness (QED) is 0.158. The minimum atomic E-state index is -4.98. The van der Waals surface area contributed by atoms with E-state index in [1.165, 1.54) is 0 Å². The Balaban J connectivity index is -0.000000111. The molecule has 0 atom stereocenters. The Bertz CT molecular complexity index is 438. The van der Waals surface area contributed by atoms with E-state index in [4.69, 9.17) is 0 Å². The van der Waals surface area contributed by atoms with Crippen LogP contribution < -0.4 is 0 Å². The van der Waals surface area contributed by atoms with Crippen LogP contribution in [0.3, 0.4) is 0 Å². The first-order valence-electron chi connectivity index (χ1n) is 11.9. The first-order valence-corrected chi connectivity index (χ1v) is 14.3. The van der Waals surface area contributed by atoms with E-state index in [-0.39, 0.29) is 25.8 Å². The van der Waals surface area contributed by atoms with Gasteiger partial charge in [0.2, 0.25) is 0 Å². The van der Waals surface area contributed by atoms with E-state index in [1.54, 1.807) is 0 Å². The second-order valence-electron chi connectivity index (χ2n) is 9.20. The van der Waals surface area contributed by atoms with Gasteiger partial charge in [-0.15, -0.1) is 36.3 Å². The molecule has 0 aliphatic heterocycles. The average Bonchev–Trinajstić information content (AvgIpc) is 3.07. The molecule has 0 saturated carbocycles. The van der Waals surface area contributed by atoms with E-state index in [0.717, 1.165) is 0 Å². The van der Waals surface area contributed by atoms with E-state index >= 15 is 0 Å². The second-order valence-corrected chi connectivity index (χ2v) is 12.6. The van der Waals surface area contributed by atoms with Gasteiger partial charge in [-0.25, -0.2) is 12.1 Å². The van der Waals surface area contributed by atoms with E-state index in [1.807, 2.05) is 30.3 Å². The fraction of sp³-hybridized carbons (Fsp3) is 0.800. The summed E-state index contributed by atoms with van der Waals surface area (Å²) in [6.07, 6.45) is 0. The molecular formula is C25H48F6GeHfN3. The van der Waals surface area contributed by atoms with Crippen LogP contribution in [0, 0.1) is 0 Å². The van der Waals surface area contributed by atoms with Crippen LogP contribution in [-0.4, -0.2) is 61.7 Å². The van der Waals surface area contributed by atoms with Crippen molar-refractivity contribution >= 4 is 15.4 Å². The summed E-state index contributed by atoms with van der Waals surface area (Å²) >= 11 is -4.06. The molecule has 0 unspecified atom stereocenters. The molecule has 0 fully saturated rings. The third-order valence-corrected chi connectivity index (χ3v) is 4.05. The molecule has 11 heteroatoms. The summed E-state index contributed by atoms with van der Waals surface area (Å²) in [6, 6.07) is 13.0. The molecule has 213 valence electrons. The Morgan fingerprint density at radius 2 is 0.694 bits per heavy atom. The zero-order valence-electron chi connectivity index (χ0n) is 24.0. The zero-order chi connectivity index (χ0) is 28.8. The van der Waals surface area contributed by atoms with Crippen LogP contribution >= 0.6 is 0 Å². The largest absolute Gasteiger partial charge is 4.00 e. The topological polar surface area (TPSA) is 42.3 Å². The summed E-state index contributed by atoms with van der Waals surface area (Å²) in [5, 5.41) is 2.86. The summed E-state index contributed by atoms with van der Waals surface area (Å²) in [7, 11) is 0. The molecule has 0 saturated heterocycles. The summed E-state index contributed by atoms with van der Waals surface area (Å²) in [4.78, 5) is 0. The summed E-state index contributed by atoms with van der Waals surface area (Å²) in [5.74, 6) is 0. The van der Waals surface area contributed by atoms with Crippen molar-refractivity contribution in [3.8, 4) is 0 Å². The van der Waals surface area contributed by atoms with Gasteiger partial charge in [-0.05, 0) is 0 Å². The Labute approximate surface area is 242 Å². The monoisotopic (exact) mass is 758 g/mol. The maximum absolute atomic E-state index is 10.9. The second kappa shape index (κ2) is 26.8. The predicted octanol–water partition coefficient (Wildman–Crippen LogP) is 9.40. The number of halogens is 6. The Kier molecular flexibility index (Phi) is 34.3. The minimum Gasteiger partial charge on any atom is -0.214 e. The van der Waals surface area contributed by atoms with Gasteiger partial charge in [0.1, 0.15) is 0 Å². The fourth-order valence-electron chi connectivity index (χ4n) is 2.30. The van der Waals surface area contributed by atoms with Crippen LogP contribution in [0.15, 0.2) is 30.3 Å². The minimum absolute atomic E-state index is 0. The maximum Gasteiger partial charge on any atom is 4.00 e. The first kappa shape index (κ1) is 46.1. The van der Waals surface area contributed by atoms with Crippen molar-refractivity contribution in [3.63, 3.8) is 0 Å². The molecule has 36 heavy (non-hydrogen) atoms. The number of hydrogen-bond acceptors (Lipinski definition) is 0. The molecule has 0 amide bonds. The molecule has 1 aromatic carbocycles. The molecule has 1 radical (unpaired) electrons. The smallest absolute Gasteiger partial charge is 0.214 e. The molecular weight excluding hydrogens is 707 g/mol. The van der Waals surface area contributed by atoms with E-state index < -0.39 is 25.4 Å². The van der Waals surface area contributed by atoms with Crippen molar-refractivity contribution in [2.75, 3.05) is 0 Å². The Morgan fingerprint density at radius 3 is 0.722 bits per heavy atom. The molecule has 0 aliphatic rings. The van der Waals surface area contributed by atoms with Gasteiger partial charge in [-0.2, -0.15) is 18.2 Å². The summed E-state index contributed by atoms with van der Waals surface area (Å²) < 4.78 is 65.4. The van der Waals surface area contributed by atoms with Crippen LogP contribution in [0.4, 0.5) is 26.3 Å². The van der Waals surface area contributed by atoms with Gasteiger partial charge in [0, 0.05) is 0 Å². The Hall–Kier alpha value is 0.223. The number of hydrogen-bond donors (Lipinski definition) is 0. The van der Waals surface area contributed by atoms with E-state index in [9.17, 15) is 26.3 Å².